The molecular weight excluding hydrogens is 302 g/mol. The predicted molar refractivity (Wildman–Crippen MR) is 76.7 cm³/mol. The van der Waals surface area contributed by atoms with E-state index in [9.17, 15) is 0 Å². The maximum absolute atomic E-state index is 6.05. The molecule has 0 aliphatic rings. The van der Waals surface area contributed by atoms with Gasteiger partial charge in [0.05, 0.1) is 11.6 Å². The van der Waals surface area contributed by atoms with Crippen LogP contribution in [0.15, 0.2) is 22.7 Å². The SMILES string of the molecule is CC(C)(CN)CCCOc1ccc(Br)cc1Cl. The molecule has 0 aliphatic heterocycles. The predicted octanol–water partition coefficient (Wildman–Crippen LogP) is 4.25. The summed E-state index contributed by atoms with van der Waals surface area (Å²) in [5.74, 6) is 0.737. The molecule has 0 fully saturated rings. The van der Waals surface area contributed by atoms with E-state index in [0.29, 0.717) is 18.2 Å². The van der Waals surface area contributed by atoms with Crippen molar-refractivity contribution in [2.45, 2.75) is 26.7 Å². The normalized spacial score (nSPS) is 11.6. The van der Waals surface area contributed by atoms with Crippen LogP contribution in [0.3, 0.4) is 0 Å². The Morgan fingerprint density at radius 2 is 2.12 bits per heavy atom. The highest BCUT2D eigenvalue weighted by molar-refractivity contribution is 9.10. The molecule has 0 saturated carbocycles. The van der Waals surface area contributed by atoms with E-state index in [2.05, 4.69) is 29.8 Å². The van der Waals surface area contributed by atoms with Crippen molar-refractivity contribution in [3.63, 3.8) is 0 Å². The smallest absolute Gasteiger partial charge is 0.137 e. The van der Waals surface area contributed by atoms with Crippen LogP contribution in [-0.4, -0.2) is 13.2 Å². The van der Waals surface area contributed by atoms with Gasteiger partial charge in [-0.2, -0.15) is 0 Å². The van der Waals surface area contributed by atoms with Crippen LogP contribution in [0.4, 0.5) is 0 Å². The number of hydrogen-bond acceptors (Lipinski definition) is 2. The van der Waals surface area contributed by atoms with Crippen molar-refractivity contribution in [2.24, 2.45) is 11.1 Å². The number of rotatable bonds is 6. The first kappa shape index (κ1) is 14.8. The Morgan fingerprint density at radius 3 is 2.71 bits per heavy atom. The molecule has 1 aromatic carbocycles. The van der Waals surface area contributed by atoms with Crippen LogP contribution < -0.4 is 10.5 Å². The summed E-state index contributed by atoms with van der Waals surface area (Å²) in [5, 5.41) is 0.637. The largest absolute Gasteiger partial charge is 0.492 e. The molecule has 0 amide bonds. The zero-order valence-corrected chi connectivity index (χ0v) is 12.6. The highest BCUT2D eigenvalue weighted by Crippen LogP contribution is 2.28. The fourth-order valence-corrected chi connectivity index (χ4v) is 2.16. The van der Waals surface area contributed by atoms with Gasteiger partial charge in [-0.1, -0.05) is 41.4 Å². The molecule has 1 rings (SSSR count). The summed E-state index contributed by atoms with van der Waals surface area (Å²) >= 11 is 9.41. The van der Waals surface area contributed by atoms with Crippen LogP contribution in [0.2, 0.25) is 5.02 Å². The Bertz CT molecular complexity index is 368. The molecule has 0 aliphatic carbocycles. The Balaban J connectivity index is 2.36. The third kappa shape index (κ3) is 5.28. The van der Waals surface area contributed by atoms with Crippen LogP contribution in [-0.2, 0) is 0 Å². The zero-order chi connectivity index (χ0) is 12.9. The number of ether oxygens (including phenoxy) is 1. The fourth-order valence-electron chi connectivity index (χ4n) is 1.43. The van der Waals surface area contributed by atoms with E-state index in [0.717, 1.165) is 23.1 Å². The van der Waals surface area contributed by atoms with Gasteiger partial charge in [0.15, 0.2) is 0 Å². The standard InChI is InChI=1S/C13H19BrClNO/c1-13(2,9-16)6-3-7-17-12-5-4-10(14)8-11(12)15/h4-5,8H,3,6-7,9,16H2,1-2H3. The minimum absolute atomic E-state index is 0.187. The molecule has 0 atom stereocenters. The van der Waals surface area contributed by atoms with E-state index < -0.39 is 0 Å². The lowest BCUT2D eigenvalue weighted by atomic mass is 9.88. The first-order valence-corrected chi connectivity index (χ1v) is 6.90. The van der Waals surface area contributed by atoms with Gasteiger partial charge in [-0.25, -0.2) is 0 Å². The van der Waals surface area contributed by atoms with E-state index in [1.807, 2.05) is 18.2 Å². The number of nitrogens with two attached hydrogens (primary N) is 1. The van der Waals surface area contributed by atoms with E-state index in [4.69, 9.17) is 22.1 Å². The Labute approximate surface area is 117 Å². The van der Waals surface area contributed by atoms with Crippen molar-refractivity contribution in [3.8, 4) is 5.75 Å². The maximum atomic E-state index is 6.05. The Hall–Kier alpha value is -0.250. The molecule has 0 bridgehead atoms. The molecule has 0 saturated heterocycles. The topological polar surface area (TPSA) is 35.2 Å². The summed E-state index contributed by atoms with van der Waals surface area (Å²) in [6.07, 6.45) is 2.04. The van der Waals surface area contributed by atoms with Gasteiger partial charge in [0.2, 0.25) is 0 Å². The number of benzene rings is 1. The Morgan fingerprint density at radius 1 is 1.41 bits per heavy atom. The third-order valence-corrected chi connectivity index (χ3v) is 3.49. The van der Waals surface area contributed by atoms with Crippen LogP contribution in [0, 0.1) is 5.41 Å². The molecule has 1 aromatic rings. The van der Waals surface area contributed by atoms with Crippen LogP contribution >= 0.6 is 27.5 Å². The maximum Gasteiger partial charge on any atom is 0.137 e. The third-order valence-electron chi connectivity index (χ3n) is 2.70. The molecule has 2 nitrogen and oxygen atoms in total. The van der Waals surface area contributed by atoms with Gasteiger partial charge in [-0.05, 0) is 43.0 Å². The van der Waals surface area contributed by atoms with Gasteiger partial charge in [0.25, 0.3) is 0 Å². The number of hydrogen-bond donors (Lipinski definition) is 1. The lowest BCUT2D eigenvalue weighted by Gasteiger charge is -2.22. The summed E-state index contributed by atoms with van der Waals surface area (Å²) in [6, 6.07) is 5.63. The first-order chi connectivity index (χ1) is 7.94. The average molecular weight is 321 g/mol. The summed E-state index contributed by atoms with van der Waals surface area (Å²) in [6.45, 7) is 5.70. The molecular formula is C13H19BrClNO. The van der Waals surface area contributed by atoms with Crippen molar-refractivity contribution in [1.82, 2.24) is 0 Å². The average Bonchev–Trinajstić information content (AvgIpc) is 2.27. The molecule has 2 N–H and O–H groups in total. The van der Waals surface area contributed by atoms with Crippen molar-refractivity contribution in [1.29, 1.82) is 0 Å². The molecule has 0 unspecified atom stereocenters. The van der Waals surface area contributed by atoms with Gasteiger partial charge < -0.3 is 10.5 Å². The highest BCUT2D eigenvalue weighted by atomic mass is 79.9. The van der Waals surface area contributed by atoms with Gasteiger partial charge in [0.1, 0.15) is 5.75 Å². The lowest BCUT2D eigenvalue weighted by Crippen LogP contribution is -2.23. The van der Waals surface area contributed by atoms with Crippen LogP contribution in [0.25, 0.3) is 0 Å². The van der Waals surface area contributed by atoms with E-state index in [-0.39, 0.29) is 5.41 Å². The van der Waals surface area contributed by atoms with Gasteiger partial charge in [-0.3, -0.25) is 0 Å². The molecule has 17 heavy (non-hydrogen) atoms. The van der Waals surface area contributed by atoms with Gasteiger partial charge >= 0.3 is 0 Å². The summed E-state index contributed by atoms with van der Waals surface area (Å²) in [4.78, 5) is 0. The molecule has 96 valence electrons. The van der Waals surface area contributed by atoms with Gasteiger partial charge in [0, 0.05) is 4.47 Å². The minimum atomic E-state index is 0.187. The molecule has 0 radical (unpaired) electrons. The van der Waals surface area contributed by atoms with Crippen molar-refractivity contribution in [2.75, 3.05) is 13.2 Å². The second-order valence-corrected chi connectivity index (χ2v) is 6.22. The van der Waals surface area contributed by atoms with Crippen molar-refractivity contribution in [3.05, 3.63) is 27.7 Å². The lowest BCUT2D eigenvalue weighted by molar-refractivity contribution is 0.261. The number of halogens is 2. The Kier molecular flexibility index (Phi) is 5.77. The van der Waals surface area contributed by atoms with E-state index in [1.54, 1.807) is 0 Å². The van der Waals surface area contributed by atoms with Crippen LogP contribution in [0.5, 0.6) is 5.75 Å². The molecule has 0 aromatic heterocycles. The second kappa shape index (κ2) is 6.62. The van der Waals surface area contributed by atoms with Crippen molar-refractivity contribution >= 4 is 27.5 Å². The zero-order valence-electron chi connectivity index (χ0n) is 10.3. The van der Waals surface area contributed by atoms with Gasteiger partial charge in [-0.15, -0.1) is 0 Å². The molecule has 4 heteroatoms. The highest BCUT2D eigenvalue weighted by Gasteiger charge is 2.14. The quantitative estimate of drug-likeness (QED) is 0.795. The molecule has 0 spiro atoms. The van der Waals surface area contributed by atoms with E-state index >= 15 is 0 Å². The minimum Gasteiger partial charge on any atom is -0.492 e. The summed E-state index contributed by atoms with van der Waals surface area (Å²) < 4.78 is 6.60. The summed E-state index contributed by atoms with van der Waals surface area (Å²) in [7, 11) is 0. The second-order valence-electron chi connectivity index (χ2n) is 4.90. The molecule has 0 heterocycles. The van der Waals surface area contributed by atoms with Crippen LogP contribution in [0.1, 0.15) is 26.7 Å². The monoisotopic (exact) mass is 319 g/mol. The fraction of sp³-hybridized carbons (Fsp3) is 0.538. The first-order valence-electron chi connectivity index (χ1n) is 5.72. The van der Waals surface area contributed by atoms with E-state index in [1.165, 1.54) is 0 Å². The van der Waals surface area contributed by atoms with Crippen molar-refractivity contribution < 1.29 is 4.74 Å². The summed E-state index contributed by atoms with van der Waals surface area (Å²) in [5.41, 5.74) is 5.86.